The van der Waals surface area contributed by atoms with E-state index in [0.717, 1.165) is 18.4 Å². The second kappa shape index (κ2) is 4.30. The minimum Gasteiger partial charge on any atom is -0.508 e. The molecular formula is C13H14O2. The molecule has 0 aliphatic heterocycles. The molecule has 2 rings (SSSR count). The van der Waals surface area contributed by atoms with Gasteiger partial charge in [-0.2, -0.15) is 0 Å². The van der Waals surface area contributed by atoms with Gasteiger partial charge in [-0.25, -0.2) is 0 Å². The van der Waals surface area contributed by atoms with Gasteiger partial charge in [0.2, 0.25) is 0 Å². The summed E-state index contributed by atoms with van der Waals surface area (Å²) < 4.78 is 0. The van der Waals surface area contributed by atoms with Crippen molar-refractivity contribution in [1.82, 2.24) is 0 Å². The largest absolute Gasteiger partial charge is 0.508 e. The molecule has 78 valence electrons. The Morgan fingerprint density at radius 1 is 1.27 bits per heavy atom. The predicted molar refractivity (Wildman–Crippen MR) is 58.8 cm³/mol. The maximum Gasteiger partial charge on any atom is 0.136 e. The molecule has 2 heteroatoms. The summed E-state index contributed by atoms with van der Waals surface area (Å²) in [6.45, 7) is 0. The Hall–Kier alpha value is -1.57. The summed E-state index contributed by atoms with van der Waals surface area (Å²) in [5.74, 6) is 0.634. The summed E-state index contributed by atoms with van der Waals surface area (Å²) >= 11 is 0. The Morgan fingerprint density at radius 2 is 2.13 bits per heavy atom. The molecule has 0 amide bonds. The van der Waals surface area contributed by atoms with Gasteiger partial charge in [0.1, 0.15) is 11.5 Å². The third kappa shape index (κ3) is 2.69. The summed E-state index contributed by atoms with van der Waals surface area (Å²) in [6, 6.07) is 7.29. The van der Waals surface area contributed by atoms with E-state index in [4.69, 9.17) is 0 Å². The van der Waals surface area contributed by atoms with Crippen LogP contribution < -0.4 is 0 Å². The Bertz CT molecular complexity index is 405. The highest BCUT2D eigenvalue weighted by molar-refractivity contribution is 5.81. The van der Waals surface area contributed by atoms with Crippen LogP contribution in [0.25, 0.3) is 0 Å². The zero-order valence-electron chi connectivity index (χ0n) is 8.57. The molecule has 2 nitrogen and oxygen atoms in total. The fourth-order valence-corrected chi connectivity index (χ4v) is 1.85. The minimum atomic E-state index is 0.306. The first kappa shape index (κ1) is 9.97. The molecule has 0 spiro atoms. The number of allylic oxidation sites excluding steroid dienone is 2. The lowest BCUT2D eigenvalue weighted by Crippen LogP contribution is -2.05. The van der Waals surface area contributed by atoms with E-state index in [0.29, 0.717) is 24.4 Å². The number of aromatic hydroxyl groups is 1. The number of carbonyl (C=O) groups excluding carboxylic acids is 1. The molecular weight excluding hydrogens is 188 g/mol. The van der Waals surface area contributed by atoms with Crippen LogP contribution in [0.15, 0.2) is 35.9 Å². The average Bonchev–Trinajstić information content (AvgIpc) is 2.22. The van der Waals surface area contributed by atoms with Gasteiger partial charge in [0, 0.05) is 12.8 Å². The molecule has 0 bridgehead atoms. The van der Waals surface area contributed by atoms with E-state index in [1.807, 2.05) is 18.2 Å². The fourth-order valence-electron chi connectivity index (χ4n) is 1.85. The average molecular weight is 202 g/mol. The predicted octanol–water partition coefficient (Wildman–Crippen LogP) is 2.61. The lowest BCUT2D eigenvalue weighted by molar-refractivity contribution is -0.118. The second-order valence-electron chi connectivity index (χ2n) is 3.95. The van der Waals surface area contributed by atoms with Crippen molar-refractivity contribution in [3.63, 3.8) is 0 Å². The third-order valence-electron chi connectivity index (χ3n) is 2.69. The van der Waals surface area contributed by atoms with E-state index < -0.39 is 0 Å². The lowest BCUT2D eigenvalue weighted by Gasteiger charge is -2.12. The molecule has 1 aliphatic carbocycles. The Labute approximate surface area is 89.2 Å². The van der Waals surface area contributed by atoms with E-state index >= 15 is 0 Å². The van der Waals surface area contributed by atoms with Gasteiger partial charge >= 0.3 is 0 Å². The summed E-state index contributed by atoms with van der Waals surface area (Å²) in [7, 11) is 0. The molecule has 0 saturated carbocycles. The van der Waals surface area contributed by atoms with E-state index in [-0.39, 0.29) is 0 Å². The number of phenolic OH excluding ortho intramolecular Hbond substituents is 1. The van der Waals surface area contributed by atoms with Gasteiger partial charge in [0.25, 0.3) is 0 Å². The number of ketones is 1. The van der Waals surface area contributed by atoms with Crippen molar-refractivity contribution in [3.05, 3.63) is 41.5 Å². The highest BCUT2D eigenvalue weighted by Gasteiger charge is 2.10. The summed E-state index contributed by atoms with van der Waals surface area (Å²) in [5.41, 5.74) is 2.41. The van der Waals surface area contributed by atoms with Gasteiger partial charge in [-0.15, -0.1) is 0 Å². The van der Waals surface area contributed by atoms with Crippen molar-refractivity contribution in [2.75, 3.05) is 0 Å². The molecule has 1 aliphatic rings. The normalized spacial score (nSPS) is 16.3. The van der Waals surface area contributed by atoms with Crippen LogP contribution in [0.1, 0.15) is 24.8 Å². The van der Waals surface area contributed by atoms with Crippen LogP contribution in [0.3, 0.4) is 0 Å². The Morgan fingerprint density at radius 3 is 2.80 bits per heavy atom. The maximum atomic E-state index is 11.0. The van der Waals surface area contributed by atoms with Crippen LogP contribution in [-0.2, 0) is 11.2 Å². The quantitative estimate of drug-likeness (QED) is 0.748. The Balaban J connectivity index is 2.06. The Kier molecular flexibility index (Phi) is 2.86. The van der Waals surface area contributed by atoms with E-state index in [9.17, 15) is 9.90 Å². The maximum absolute atomic E-state index is 11.0. The number of rotatable bonds is 2. The van der Waals surface area contributed by atoms with Gasteiger partial charge in [-0.3, -0.25) is 4.79 Å². The molecule has 0 atom stereocenters. The summed E-state index contributed by atoms with van der Waals surface area (Å²) in [6.07, 6.45) is 4.99. The minimum absolute atomic E-state index is 0.306. The van der Waals surface area contributed by atoms with Crippen molar-refractivity contribution in [3.8, 4) is 5.75 Å². The zero-order chi connectivity index (χ0) is 10.7. The standard InChI is InChI=1S/C13H14O2/c14-12-6-4-10(5-7-12)8-11-2-1-3-13(15)9-11/h1-4,9,15H,5-8H2. The number of hydrogen-bond donors (Lipinski definition) is 1. The highest BCUT2D eigenvalue weighted by Crippen LogP contribution is 2.21. The first-order valence-corrected chi connectivity index (χ1v) is 5.21. The van der Waals surface area contributed by atoms with Gasteiger partial charge in [0.15, 0.2) is 0 Å². The van der Waals surface area contributed by atoms with Crippen LogP contribution in [-0.4, -0.2) is 10.9 Å². The van der Waals surface area contributed by atoms with E-state index in [2.05, 4.69) is 0 Å². The van der Waals surface area contributed by atoms with E-state index in [1.165, 1.54) is 5.57 Å². The molecule has 1 N–H and O–H groups in total. The molecule has 0 radical (unpaired) electrons. The molecule has 0 aromatic heterocycles. The molecule has 0 heterocycles. The van der Waals surface area contributed by atoms with Gasteiger partial charge in [0.05, 0.1) is 0 Å². The van der Waals surface area contributed by atoms with Crippen LogP contribution in [0.2, 0.25) is 0 Å². The number of hydrogen-bond acceptors (Lipinski definition) is 2. The van der Waals surface area contributed by atoms with Crippen LogP contribution >= 0.6 is 0 Å². The highest BCUT2D eigenvalue weighted by atomic mass is 16.3. The van der Waals surface area contributed by atoms with Crippen molar-refractivity contribution < 1.29 is 9.90 Å². The van der Waals surface area contributed by atoms with Crippen molar-refractivity contribution in [1.29, 1.82) is 0 Å². The summed E-state index contributed by atoms with van der Waals surface area (Å²) in [5, 5.41) is 9.31. The molecule has 0 unspecified atom stereocenters. The molecule has 0 fully saturated rings. The summed E-state index contributed by atoms with van der Waals surface area (Å²) in [4.78, 5) is 11.0. The van der Waals surface area contributed by atoms with Gasteiger partial charge in [-0.1, -0.05) is 23.8 Å². The smallest absolute Gasteiger partial charge is 0.136 e. The van der Waals surface area contributed by atoms with Crippen molar-refractivity contribution in [2.24, 2.45) is 0 Å². The molecule has 0 saturated heterocycles. The SMILES string of the molecule is O=C1CC=C(Cc2cccc(O)c2)CC1. The molecule has 1 aromatic carbocycles. The zero-order valence-corrected chi connectivity index (χ0v) is 8.57. The monoisotopic (exact) mass is 202 g/mol. The van der Waals surface area contributed by atoms with Gasteiger partial charge < -0.3 is 5.11 Å². The van der Waals surface area contributed by atoms with Crippen LogP contribution in [0, 0.1) is 0 Å². The number of carbonyl (C=O) groups is 1. The number of phenols is 1. The third-order valence-corrected chi connectivity index (χ3v) is 2.69. The molecule has 1 aromatic rings. The van der Waals surface area contributed by atoms with Crippen LogP contribution in [0.5, 0.6) is 5.75 Å². The lowest BCUT2D eigenvalue weighted by atomic mass is 9.93. The first-order chi connectivity index (χ1) is 7.24. The second-order valence-corrected chi connectivity index (χ2v) is 3.95. The fraction of sp³-hybridized carbons (Fsp3) is 0.308. The van der Waals surface area contributed by atoms with Crippen molar-refractivity contribution >= 4 is 5.78 Å². The number of Topliss-reactive ketones (excluding diaryl/α,β-unsaturated/α-hetero) is 1. The van der Waals surface area contributed by atoms with Crippen molar-refractivity contribution in [2.45, 2.75) is 25.7 Å². The number of benzene rings is 1. The van der Waals surface area contributed by atoms with Crippen LogP contribution in [0.4, 0.5) is 0 Å². The van der Waals surface area contributed by atoms with E-state index in [1.54, 1.807) is 12.1 Å². The van der Waals surface area contributed by atoms with Gasteiger partial charge in [-0.05, 0) is 30.5 Å². The topological polar surface area (TPSA) is 37.3 Å². The first-order valence-electron chi connectivity index (χ1n) is 5.21. The molecule has 15 heavy (non-hydrogen) atoms.